The van der Waals surface area contributed by atoms with Crippen LogP contribution in [-0.4, -0.2) is 62.3 Å². The molecular formula is C30H31BrN2O8S. The fraction of sp³-hybridized carbons (Fsp3) is 0.367. The van der Waals surface area contributed by atoms with Gasteiger partial charge < -0.3 is 24.4 Å². The van der Waals surface area contributed by atoms with Crippen molar-refractivity contribution in [3.05, 3.63) is 87.9 Å². The number of rotatable bonds is 7. The molecule has 1 saturated heterocycles. The van der Waals surface area contributed by atoms with Gasteiger partial charge in [0.2, 0.25) is 5.91 Å². The zero-order valence-corrected chi connectivity index (χ0v) is 25.6. The van der Waals surface area contributed by atoms with Gasteiger partial charge in [0.15, 0.2) is 11.2 Å². The Morgan fingerprint density at radius 1 is 1.07 bits per heavy atom. The Bertz CT molecular complexity index is 1630. The SMILES string of the molecule is COc1cc(OC)c2c(c1)O[C@@]1(c3ccc(Br)cc3)[C@H](c3ccccc3)[C@@H](C(=O)NS(=O)(=O)N3CC(C)C3)[C@@H](O)[C@@]21O. The number of aliphatic hydroxyl groups excluding tert-OH is 1. The van der Waals surface area contributed by atoms with Crippen LogP contribution in [0.1, 0.15) is 29.5 Å². The maximum absolute atomic E-state index is 14.0. The molecule has 0 radical (unpaired) electrons. The molecule has 0 unspecified atom stereocenters. The van der Waals surface area contributed by atoms with Gasteiger partial charge in [0.25, 0.3) is 0 Å². The summed E-state index contributed by atoms with van der Waals surface area (Å²) in [7, 11) is -1.29. The van der Waals surface area contributed by atoms with Crippen LogP contribution in [0.4, 0.5) is 0 Å². The van der Waals surface area contributed by atoms with Crippen LogP contribution in [0.15, 0.2) is 71.2 Å². The van der Waals surface area contributed by atoms with Crippen LogP contribution in [0.2, 0.25) is 0 Å². The summed E-state index contributed by atoms with van der Waals surface area (Å²) in [5, 5.41) is 25.1. The number of hydrogen-bond acceptors (Lipinski definition) is 8. The lowest BCUT2D eigenvalue weighted by molar-refractivity contribution is -0.154. The summed E-state index contributed by atoms with van der Waals surface area (Å²) in [5.74, 6) is -2.50. The van der Waals surface area contributed by atoms with E-state index >= 15 is 0 Å². The average molecular weight is 660 g/mol. The molecule has 5 atom stereocenters. The molecule has 1 saturated carbocycles. The molecule has 6 rings (SSSR count). The second-order valence-corrected chi connectivity index (χ2v) is 13.7. The number of carbonyl (C=O) groups excluding carboxylic acids is 1. The molecule has 0 spiro atoms. The summed E-state index contributed by atoms with van der Waals surface area (Å²) in [6.45, 7) is 2.47. The summed E-state index contributed by atoms with van der Waals surface area (Å²) in [4.78, 5) is 14.0. The Balaban J connectivity index is 1.60. The maximum Gasteiger partial charge on any atom is 0.303 e. The third-order valence-corrected chi connectivity index (χ3v) is 10.6. The van der Waals surface area contributed by atoms with Crippen molar-refractivity contribution >= 4 is 32.0 Å². The summed E-state index contributed by atoms with van der Waals surface area (Å²) >= 11 is 3.45. The highest BCUT2D eigenvalue weighted by molar-refractivity contribution is 9.10. The number of benzene rings is 3. The van der Waals surface area contributed by atoms with Gasteiger partial charge in [-0.1, -0.05) is 65.3 Å². The smallest absolute Gasteiger partial charge is 0.303 e. The molecule has 2 heterocycles. The highest BCUT2D eigenvalue weighted by atomic mass is 79.9. The van der Waals surface area contributed by atoms with Crippen molar-refractivity contribution in [3.63, 3.8) is 0 Å². The van der Waals surface area contributed by atoms with Gasteiger partial charge in [0.05, 0.1) is 25.7 Å². The van der Waals surface area contributed by atoms with Gasteiger partial charge in [-0.05, 0) is 29.2 Å². The molecule has 42 heavy (non-hydrogen) atoms. The molecule has 3 aromatic carbocycles. The van der Waals surface area contributed by atoms with E-state index in [1.807, 2.05) is 6.92 Å². The van der Waals surface area contributed by atoms with Crippen molar-refractivity contribution in [3.8, 4) is 17.2 Å². The van der Waals surface area contributed by atoms with Crippen LogP contribution in [0.3, 0.4) is 0 Å². The van der Waals surface area contributed by atoms with Crippen LogP contribution in [0.5, 0.6) is 17.2 Å². The van der Waals surface area contributed by atoms with E-state index in [-0.39, 0.29) is 36.1 Å². The van der Waals surface area contributed by atoms with Crippen molar-refractivity contribution in [2.24, 2.45) is 11.8 Å². The number of nitrogens with zero attached hydrogens (tertiary/aromatic N) is 1. The number of carbonyl (C=O) groups is 1. The van der Waals surface area contributed by atoms with E-state index in [1.165, 1.54) is 18.5 Å². The second-order valence-electron chi connectivity index (χ2n) is 11.1. The minimum Gasteiger partial charge on any atom is -0.496 e. The van der Waals surface area contributed by atoms with Crippen LogP contribution in [0.25, 0.3) is 0 Å². The number of fused-ring (bicyclic) bond motifs is 3. The lowest BCUT2D eigenvalue weighted by Crippen LogP contribution is -2.56. The molecule has 2 aliphatic heterocycles. The van der Waals surface area contributed by atoms with Crippen molar-refractivity contribution in [1.82, 2.24) is 9.03 Å². The minimum atomic E-state index is -4.19. The summed E-state index contributed by atoms with van der Waals surface area (Å²) < 4.78 is 48.2. The van der Waals surface area contributed by atoms with Gasteiger partial charge in [0.1, 0.15) is 23.4 Å². The zero-order valence-electron chi connectivity index (χ0n) is 23.2. The van der Waals surface area contributed by atoms with E-state index in [2.05, 4.69) is 20.7 Å². The number of hydrogen-bond donors (Lipinski definition) is 3. The molecule has 3 N–H and O–H groups in total. The lowest BCUT2D eigenvalue weighted by Gasteiger charge is -2.41. The van der Waals surface area contributed by atoms with E-state index < -0.39 is 45.3 Å². The number of nitrogens with one attached hydrogen (secondary N) is 1. The van der Waals surface area contributed by atoms with Gasteiger partial charge in [-0.2, -0.15) is 12.7 Å². The molecule has 10 nitrogen and oxygen atoms in total. The molecule has 0 aromatic heterocycles. The zero-order chi connectivity index (χ0) is 30.0. The van der Waals surface area contributed by atoms with Gasteiger partial charge in [-0.25, -0.2) is 4.72 Å². The molecule has 3 aromatic rings. The number of methoxy groups -OCH3 is 2. The van der Waals surface area contributed by atoms with Crippen molar-refractivity contribution in [2.45, 2.75) is 30.1 Å². The highest BCUT2D eigenvalue weighted by Gasteiger charge is 2.78. The van der Waals surface area contributed by atoms with Gasteiger partial charge >= 0.3 is 10.2 Å². The molecule has 1 aliphatic carbocycles. The van der Waals surface area contributed by atoms with E-state index in [1.54, 1.807) is 66.7 Å². The topological polar surface area (TPSA) is 135 Å². The Morgan fingerprint density at radius 2 is 1.74 bits per heavy atom. The first-order valence-electron chi connectivity index (χ1n) is 13.5. The summed E-state index contributed by atoms with van der Waals surface area (Å²) in [6, 6.07) is 19.0. The van der Waals surface area contributed by atoms with Crippen molar-refractivity contribution in [1.29, 1.82) is 0 Å². The highest BCUT2D eigenvalue weighted by Crippen LogP contribution is 2.70. The Morgan fingerprint density at radius 3 is 2.33 bits per heavy atom. The van der Waals surface area contributed by atoms with Gasteiger partial charge in [-0.3, -0.25) is 4.79 Å². The Hall–Kier alpha value is -3.16. The molecular weight excluding hydrogens is 628 g/mol. The van der Waals surface area contributed by atoms with E-state index in [4.69, 9.17) is 14.2 Å². The van der Waals surface area contributed by atoms with E-state index in [9.17, 15) is 23.4 Å². The Labute approximate surface area is 252 Å². The maximum atomic E-state index is 14.0. The molecule has 1 amide bonds. The normalized spacial score (nSPS) is 28.8. The fourth-order valence-electron chi connectivity index (χ4n) is 6.75. The summed E-state index contributed by atoms with van der Waals surface area (Å²) in [6.07, 6.45) is -1.82. The monoisotopic (exact) mass is 658 g/mol. The van der Waals surface area contributed by atoms with Crippen LogP contribution in [-0.2, 0) is 26.2 Å². The van der Waals surface area contributed by atoms with E-state index in [0.717, 1.165) is 4.47 Å². The number of amides is 1. The van der Waals surface area contributed by atoms with Crippen molar-refractivity contribution < 1.29 is 37.6 Å². The second kappa shape index (κ2) is 10.2. The lowest BCUT2D eigenvalue weighted by atomic mass is 9.70. The van der Waals surface area contributed by atoms with Crippen LogP contribution in [0, 0.1) is 11.8 Å². The van der Waals surface area contributed by atoms with E-state index in [0.29, 0.717) is 16.9 Å². The van der Waals surface area contributed by atoms with Crippen molar-refractivity contribution in [2.75, 3.05) is 27.3 Å². The summed E-state index contributed by atoms with van der Waals surface area (Å²) in [5.41, 5.74) is -2.88. The van der Waals surface area contributed by atoms with Crippen LogP contribution >= 0.6 is 15.9 Å². The number of halogens is 1. The first-order valence-corrected chi connectivity index (χ1v) is 15.7. The fourth-order valence-corrected chi connectivity index (χ4v) is 8.44. The third kappa shape index (κ3) is 4.07. The predicted octanol–water partition coefficient (Wildman–Crippen LogP) is 3.03. The van der Waals surface area contributed by atoms with Gasteiger partial charge in [0, 0.05) is 35.6 Å². The molecule has 222 valence electrons. The molecule has 0 bridgehead atoms. The average Bonchev–Trinajstić information content (AvgIpc) is 3.33. The first-order chi connectivity index (χ1) is 20.0. The quantitative estimate of drug-likeness (QED) is 0.353. The predicted molar refractivity (Wildman–Crippen MR) is 156 cm³/mol. The number of ether oxygens (including phenoxy) is 3. The standard InChI is InChI=1S/C30H31BrN2O8S/c1-17-15-33(16-17)42(37,38)32-28(35)24-25(18-7-5-4-6-8-18)30(19-9-11-20(31)12-10-19)29(36,27(24)34)26-22(40-3)13-21(39-2)14-23(26)41-30/h4-14,17,24-25,27,34,36H,15-16H2,1-3H3,(H,32,35)/t24-,25-,27-,29+,30+/m1/s1. The minimum absolute atomic E-state index is 0.136. The molecule has 12 heteroatoms. The molecule has 3 aliphatic rings. The number of aliphatic hydroxyl groups is 2. The molecule has 2 fully saturated rings. The third-order valence-electron chi connectivity index (χ3n) is 8.61. The largest absolute Gasteiger partial charge is 0.496 e. The first kappa shape index (κ1) is 28.9. The van der Waals surface area contributed by atoms with Gasteiger partial charge in [-0.15, -0.1) is 0 Å². The van der Waals surface area contributed by atoms with Crippen LogP contribution < -0.4 is 18.9 Å². The Kier molecular flexibility index (Phi) is 7.05.